The van der Waals surface area contributed by atoms with Crippen molar-refractivity contribution in [2.75, 3.05) is 12.4 Å². The molecule has 120 valence electrons. The van der Waals surface area contributed by atoms with Gasteiger partial charge in [-0.3, -0.25) is 4.57 Å². The minimum absolute atomic E-state index is 0.248. The molecular formula is C12H14ClFN4O4. The average Bonchev–Trinajstić information content (AvgIpc) is 2.70. The molecule has 22 heavy (non-hydrogen) atoms. The van der Waals surface area contributed by atoms with E-state index in [0.717, 1.165) is 10.9 Å². The van der Waals surface area contributed by atoms with Crippen molar-refractivity contribution in [3.63, 3.8) is 0 Å². The quantitative estimate of drug-likeness (QED) is 0.459. The Balaban J connectivity index is 2.53. The molecular weight excluding hydrogens is 319 g/mol. The van der Waals surface area contributed by atoms with Crippen molar-refractivity contribution in [2.24, 2.45) is 0 Å². The summed E-state index contributed by atoms with van der Waals surface area (Å²) >= 11 is 6.28. The van der Waals surface area contributed by atoms with Crippen molar-refractivity contribution >= 4 is 17.5 Å². The van der Waals surface area contributed by atoms with Crippen LogP contribution in [-0.2, 0) is 4.74 Å². The summed E-state index contributed by atoms with van der Waals surface area (Å²) in [6.45, 7) is 0.374. The number of nitrogens with two attached hydrogens (primary N) is 1. The highest BCUT2D eigenvalue weighted by atomic mass is 35.5. The molecule has 0 amide bonds. The van der Waals surface area contributed by atoms with Crippen molar-refractivity contribution in [2.45, 2.75) is 36.3 Å². The molecule has 1 saturated heterocycles. The van der Waals surface area contributed by atoms with Crippen LogP contribution in [0.2, 0.25) is 0 Å². The van der Waals surface area contributed by atoms with Crippen LogP contribution in [0.3, 0.4) is 0 Å². The highest BCUT2D eigenvalue weighted by molar-refractivity contribution is 6.27. The summed E-state index contributed by atoms with van der Waals surface area (Å²) in [6, 6.07) is 0. The first-order valence-electron chi connectivity index (χ1n) is 6.28. The minimum atomic E-state index is -1.85. The molecule has 0 bridgehead atoms. The molecule has 1 aliphatic rings. The van der Waals surface area contributed by atoms with Gasteiger partial charge in [-0.1, -0.05) is 23.4 Å². The van der Waals surface area contributed by atoms with E-state index < -0.39 is 41.8 Å². The number of hydrogen-bond acceptors (Lipinski definition) is 7. The first kappa shape index (κ1) is 16.6. The molecule has 1 aliphatic heterocycles. The molecule has 5 atom stereocenters. The summed E-state index contributed by atoms with van der Waals surface area (Å²) in [7, 11) is 0. The molecule has 0 aromatic carbocycles. The fourth-order valence-electron chi connectivity index (χ4n) is 2.17. The number of rotatable bonds is 2. The zero-order valence-corrected chi connectivity index (χ0v) is 12.2. The van der Waals surface area contributed by atoms with Gasteiger partial charge in [0.2, 0.25) is 5.95 Å². The van der Waals surface area contributed by atoms with Crippen molar-refractivity contribution in [3.8, 4) is 11.8 Å². The van der Waals surface area contributed by atoms with Crippen LogP contribution < -0.4 is 11.4 Å². The fraction of sp³-hybridized carbons (Fsp3) is 0.583. The fourth-order valence-corrected chi connectivity index (χ4v) is 2.52. The van der Waals surface area contributed by atoms with E-state index in [0.29, 0.717) is 0 Å². The Kier molecular flexibility index (Phi) is 4.67. The Morgan fingerprint density at radius 3 is 2.95 bits per heavy atom. The molecule has 8 nitrogen and oxygen atoms in total. The Bertz CT molecular complexity index is 673. The molecule has 0 spiro atoms. The number of aromatic nitrogens is 3. The Hall–Kier alpha value is -1.73. The molecule has 1 fully saturated rings. The van der Waals surface area contributed by atoms with E-state index in [1.807, 2.05) is 0 Å². The first-order valence-corrected chi connectivity index (χ1v) is 6.66. The van der Waals surface area contributed by atoms with Gasteiger partial charge in [0.1, 0.15) is 25.2 Å². The number of nitrogen functional groups attached to an aromatic ring is 1. The van der Waals surface area contributed by atoms with E-state index in [-0.39, 0.29) is 5.95 Å². The Morgan fingerprint density at radius 1 is 1.73 bits per heavy atom. The van der Waals surface area contributed by atoms with Gasteiger partial charge < -0.3 is 20.7 Å². The monoisotopic (exact) mass is 332 g/mol. The van der Waals surface area contributed by atoms with Crippen LogP contribution >= 0.6 is 11.6 Å². The highest BCUT2D eigenvalue weighted by Crippen LogP contribution is 2.43. The Labute approximate surface area is 129 Å². The third-order valence-electron chi connectivity index (χ3n) is 3.21. The molecule has 10 heteroatoms. The van der Waals surface area contributed by atoms with Crippen LogP contribution in [0.4, 0.5) is 10.3 Å². The number of alkyl halides is 2. The minimum Gasteiger partial charge on any atom is -0.391 e. The maximum Gasteiger partial charge on any atom is 0.354 e. The highest BCUT2D eigenvalue weighted by Gasteiger charge is 2.57. The second-order valence-corrected chi connectivity index (χ2v) is 5.37. The standard InChI is InChI=1S/C12H14ClFN4O4/c1-6(19)7-8(20)12(13,3-2-4-14)9(22-7)18-5-16-10(15)17-11(18)21/h5-9,19-20H,4H2,1H3,(H2,15,17,21)/t6-,7-,8+,9-,12?/m1/s1. The molecule has 0 aliphatic carbocycles. The van der Waals surface area contributed by atoms with Crippen LogP contribution in [0.1, 0.15) is 13.2 Å². The normalized spacial score (nSPS) is 32.3. The maximum atomic E-state index is 12.3. The summed E-state index contributed by atoms with van der Waals surface area (Å²) < 4.78 is 18.7. The van der Waals surface area contributed by atoms with Crippen LogP contribution in [0, 0.1) is 11.8 Å². The average molecular weight is 333 g/mol. The van der Waals surface area contributed by atoms with Gasteiger partial charge in [0.25, 0.3) is 0 Å². The van der Waals surface area contributed by atoms with Crippen molar-refractivity contribution in [1.82, 2.24) is 14.5 Å². The lowest BCUT2D eigenvalue weighted by molar-refractivity contribution is -0.0775. The van der Waals surface area contributed by atoms with Crippen LogP contribution in [-0.4, -0.2) is 54.6 Å². The van der Waals surface area contributed by atoms with Gasteiger partial charge in [0.15, 0.2) is 11.1 Å². The summed E-state index contributed by atoms with van der Waals surface area (Å²) in [5.74, 6) is 4.19. The molecule has 4 N–H and O–H groups in total. The van der Waals surface area contributed by atoms with Crippen molar-refractivity contribution in [1.29, 1.82) is 0 Å². The van der Waals surface area contributed by atoms with Gasteiger partial charge in [-0.15, -0.1) is 0 Å². The zero-order valence-electron chi connectivity index (χ0n) is 11.5. The molecule has 1 aromatic heterocycles. The number of halogens is 2. The number of nitrogens with zero attached hydrogens (tertiary/aromatic N) is 3. The number of ether oxygens (including phenoxy) is 1. The number of anilines is 1. The Morgan fingerprint density at radius 2 is 2.41 bits per heavy atom. The summed E-state index contributed by atoms with van der Waals surface area (Å²) in [6.07, 6.45) is -3.99. The van der Waals surface area contributed by atoms with Crippen molar-refractivity contribution < 1.29 is 19.3 Å². The van der Waals surface area contributed by atoms with E-state index in [1.165, 1.54) is 6.92 Å². The number of aliphatic hydroxyl groups excluding tert-OH is 2. The SMILES string of the molecule is C[C@@H](O)[C@H]1O[C@@H](n2cnc(N)nc2=O)C(Cl)(C#CCF)[C@H]1O. The third kappa shape index (κ3) is 2.78. The summed E-state index contributed by atoms with van der Waals surface area (Å²) in [5.41, 5.74) is 4.47. The van der Waals surface area contributed by atoms with Gasteiger partial charge >= 0.3 is 5.69 Å². The number of aliphatic hydroxyl groups is 2. The third-order valence-corrected chi connectivity index (χ3v) is 3.71. The smallest absolute Gasteiger partial charge is 0.354 e. The first-order chi connectivity index (χ1) is 10.3. The van der Waals surface area contributed by atoms with Gasteiger partial charge in [0, 0.05) is 0 Å². The predicted molar refractivity (Wildman–Crippen MR) is 74.6 cm³/mol. The maximum absolute atomic E-state index is 12.3. The molecule has 2 heterocycles. The van der Waals surface area contributed by atoms with Gasteiger partial charge in [-0.05, 0) is 6.92 Å². The second-order valence-electron chi connectivity index (χ2n) is 4.75. The van der Waals surface area contributed by atoms with Gasteiger partial charge in [-0.25, -0.2) is 14.2 Å². The van der Waals surface area contributed by atoms with Gasteiger partial charge in [-0.2, -0.15) is 4.98 Å². The largest absolute Gasteiger partial charge is 0.391 e. The topological polar surface area (TPSA) is 123 Å². The zero-order chi connectivity index (χ0) is 16.5. The lowest BCUT2D eigenvalue weighted by Gasteiger charge is -2.25. The van der Waals surface area contributed by atoms with Crippen LogP contribution in [0.15, 0.2) is 11.1 Å². The van der Waals surface area contributed by atoms with Crippen molar-refractivity contribution in [3.05, 3.63) is 16.8 Å². The second kappa shape index (κ2) is 6.18. The summed E-state index contributed by atoms with van der Waals surface area (Å²) in [4.78, 5) is 17.1. The van der Waals surface area contributed by atoms with Crippen LogP contribution in [0.5, 0.6) is 0 Å². The molecule has 1 aromatic rings. The van der Waals surface area contributed by atoms with E-state index >= 15 is 0 Å². The van der Waals surface area contributed by atoms with E-state index in [1.54, 1.807) is 0 Å². The lowest BCUT2D eigenvalue weighted by atomic mass is 9.97. The van der Waals surface area contributed by atoms with E-state index in [4.69, 9.17) is 22.1 Å². The number of hydrogen-bond donors (Lipinski definition) is 3. The molecule has 0 radical (unpaired) electrons. The molecule has 2 rings (SSSR count). The van der Waals surface area contributed by atoms with E-state index in [9.17, 15) is 19.4 Å². The molecule has 1 unspecified atom stereocenters. The summed E-state index contributed by atoms with van der Waals surface area (Å²) in [5, 5.41) is 19.9. The van der Waals surface area contributed by atoms with Gasteiger partial charge in [0.05, 0.1) is 6.10 Å². The molecule has 0 saturated carbocycles. The lowest BCUT2D eigenvalue weighted by Crippen LogP contribution is -2.44. The van der Waals surface area contributed by atoms with Crippen LogP contribution in [0.25, 0.3) is 0 Å². The van der Waals surface area contributed by atoms with E-state index in [2.05, 4.69) is 21.8 Å². The predicted octanol–water partition coefficient (Wildman–Crippen LogP) is -1.19.